The molecule has 0 aliphatic rings. The summed E-state index contributed by atoms with van der Waals surface area (Å²) in [5.41, 5.74) is 12.9. The van der Waals surface area contributed by atoms with Crippen LogP contribution in [0.1, 0.15) is 11.4 Å². The predicted molar refractivity (Wildman–Crippen MR) is 213 cm³/mol. The van der Waals surface area contributed by atoms with E-state index in [1.807, 2.05) is 78.5 Å². The molecular weight excluding hydrogens is 665 g/mol. The molecule has 0 bridgehead atoms. The van der Waals surface area contributed by atoms with Crippen LogP contribution in [-0.2, 0) is 22.9 Å². The zero-order chi connectivity index (χ0) is 37.4. The molecule has 0 aliphatic heterocycles. The molecular formula is C36H58N8O4Si2. The third kappa shape index (κ3) is 11.5. The van der Waals surface area contributed by atoms with E-state index in [-0.39, 0.29) is 10.6 Å². The number of non-ortho nitro benzene ring substituents is 1. The van der Waals surface area contributed by atoms with E-state index < -0.39 is 16.1 Å². The Bertz CT molecular complexity index is 1690. The third-order valence-corrected chi connectivity index (χ3v) is 11.6. The summed E-state index contributed by atoms with van der Waals surface area (Å²) in [6.07, 6.45) is 0. The molecule has 274 valence electrons. The first kappa shape index (κ1) is 40.4. The van der Waals surface area contributed by atoms with Crippen molar-refractivity contribution in [3.05, 3.63) is 70.0 Å². The van der Waals surface area contributed by atoms with Crippen molar-refractivity contribution >= 4 is 39.2 Å². The number of hydrogen-bond donors (Lipinski definition) is 1. The highest BCUT2D eigenvalue weighted by molar-refractivity contribution is 6.76. The van der Waals surface area contributed by atoms with Crippen LogP contribution in [0.15, 0.2) is 48.5 Å². The molecule has 0 radical (unpaired) electrons. The van der Waals surface area contributed by atoms with Crippen LogP contribution in [0.25, 0.3) is 22.3 Å². The lowest BCUT2D eigenvalue weighted by molar-refractivity contribution is -0.384. The smallest absolute Gasteiger partial charge is 0.269 e. The number of nitro benzene ring substituents is 1. The van der Waals surface area contributed by atoms with Crippen molar-refractivity contribution in [2.45, 2.75) is 78.7 Å². The summed E-state index contributed by atoms with van der Waals surface area (Å²) in [5.74, 6) is 1.77. The normalized spacial score (nSPS) is 11.7. The van der Waals surface area contributed by atoms with Crippen LogP contribution in [-0.4, -0.2) is 82.0 Å². The van der Waals surface area contributed by atoms with E-state index in [1.165, 1.54) is 18.2 Å². The molecule has 2 aromatic heterocycles. The molecule has 0 spiro atoms. The lowest BCUT2D eigenvalue weighted by Gasteiger charge is -2.15. The number of nitrogen functional groups attached to an aromatic ring is 1. The van der Waals surface area contributed by atoms with E-state index in [1.54, 1.807) is 12.1 Å². The van der Waals surface area contributed by atoms with Crippen LogP contribution in [0.5, 0.6) is 0 Å². The molecule has 2 N–H and O–H groups in total. The molecule has 14 heteroatoms. The van der Waals surface area contributed by atoms with Crippen molar-refractivity contribution in [1.82, 2.24) is 19.6 Å². The average molecular weight is 723 g/mol. The van der Waals surface area contributed by atoms with Gasteiger partial charge in [-0.25, -0.2) is 9.36 Å². The zero-order valence-electron chi connectivity index (χ0n) is 32.2. The maximum atomic E-state index is 10.9. The van der Waals surface area contributed by atoms with E-state index in [0.29, 0.717) is 13.5 Å². The molecule has 0 fully saturated rings. The van der Waals surface area contributed by atoms with Gasteiger partial charge in [-0.2, -0.15) is 10.2 Å². The molecule has 0 saturated heterocycles. The second kappa shape index (κ2) is 17.3. The van der Waals surface area contributed by atoms with Gasteiger partial charge in [0.15, 0.2) is 11.6 Å². The van der Waals surface area contributed by atoms with Gasteiger partial charge in [0, 0.05) is 97.9 Å². The lowest BCUT2D eigenvalue weighted by atomic mass is 10.1. The Morgan fingerprint density at radius 1 is 0.700 bits per heavy atom. The van der Waals surface area contributed by atoms with Gasteiger partial charge in [0.2, 0.25) is 0 Å². The molecule has 0 aliphatic carbocycles. The van der Waals surface area contributed by atoms with Crippen LogP contribution < -0.4 is 15.5 Å². The van der Waals surface area contributed by atoms with Gasteiger partial charge in [-0.15, -0.1) is 0 Å². The fourth-order valence-corrected chi connectivity index (χ4v) is 6.59. The van der Waals surface area contributed by atoms with Crippen molar-refractivity contribution in [3.8, 4) is 22.3 Å². The standard InChI is InChI=1S/C18H28N4O3Si.C18H30N4OSi/c1-14-17(15-7-9-16(10-8-15)22(23)24)18(20(2)3)19-21(14)13-25-11-12-26(4,5)6;1-14-17(15-7-9-16(19)10-8-15)18(21(2)3)20-22(14)13-23-11-12-24(4,5)6/h7-10H,11-13H2,1-6H3;7-10H,11-13,19H2,1-6H3. The monoisotopic (exact) mass is 722 g/mol. The summed E-state index contributed by atoms with van der Waals surface area (Å²) < 4.78 is 15.5. The van der Waals surface area contributed by atoms with Crippen LogP contribution in [0.4, 0.5) is 23.0 Å². The summed E-state index contributed by atoms with van der Waals surface area (Å²) in [6.45, 7) is 20.6. The van der Waals surface area contributed by atoms with Gasteiger partial charge in [0.05, 0.1) is 4.92 Å². The first-order valence-electron chi connectivity index (χ1n) is 17.0. The summed E-state index contributed by atoms with van der Waals surface area (Å²) in [4.78, 5) is 14.5. The van der Waals surface area contributed by atoms with Gasteiger partial charge in [-0.05, 0) is 61.3 Å². The molecule has 2 aromatic carbocycles. The minimum absolute atomic E-state index is 0.0832. The molecule has 50 heavy (non-hydrogen) atoms. The fraction of sp³-hybridized carbons (Fsp3) is 0.500. The first-order chi connectivity index (χ1) is 23.3. The maximum absolute atomic E-state index is 10.9. The van der Waals surface area contributed by atoms with Gasteiger partial charge < -0.3 is 25.0 Å². The van der Waals surface area contributed by atoms with Crippen molar-refractivity contribution in [1.29, 1.82) is 0 Å². The van der Waals surface area contributed by atoms with Crippen LogP contribution >= 0.6 is 0 Å². The second-order valence-corrected chi connectivity index (χ2v) is 26.7. The summed E-state index contributed by atoms with van der Waals surface area (Å²) >= 11 is 0. The van der Waals surface area contributed by atoms with Gasteiger partial charge >= 0.3 is 0 Å². The molecule has 0 atom stereocenters. The topological polar surface area (TPSA) is 130 Å². The first-order valence-corrected chi connectivity index (χ1v) is 24.5. The van der Waals surface area contributed by atoms with Crippen LogP contribution in [0, 0.1) is 24.0 Å². The minimum atomic E-state index is -1.12. The van der Waals surface area contributed by atoms with Crippen molar-refractivity contribution in [3.63, 3.8) is 0 Å². The van der Waals surface area contributed by atoms with Gasteiger partial charge in [0.1, 0.15) is 13.5 Å². The van der Waals surface area contributed by atoms with Crippen molar-refractivity contribution < 1.29 is 14.4 Å². The quantitative estimate of drug-likeness (QED) is 0.0427. The highest BCUT2D eigenvalue weighted by Crippen LogP contribution is 2.34. The second-order valence-electron chi connectivity index (χ2n) is 15.5. The lowest BCUT2D eigenvalue weighted by Crippen LogP contribution is -2.22. The van der Waals surface area contributed by atoms with Gasteiger partial charge in [0.25, 0.3) is 5.69 Å². The number of nitro groups is 1. The third-order valence-electron chi connectivity index (χ3n) is 8.21. The number of anilines is 3. The van der Waals surface area contributed by atoms with Crippen LogP contribution in [0.3, 0.4) is 0 Å². The Kier molecular flexibility index (Phi) is 14.0. The molecule has 4 rings (SSSR count). The molecule has 0 unspecified atom stereocenters. The minimum Gasteiger partial charge on any atom is -0.399 e. The Morgan fingerprint density at radius 2 is 1.06 bits per heavy atom. The Morgan fingerprint density at radius 3 is 1.38 bits per heavy atom. The maximum Gasteiger partial charge on any atom is 0.269 e. The summed E-state index contributed by atoms with van der Waals surface area (Å²) in [5, 5.41) is 20.3. The molecule has 2 heterocycles. The number of rotatable bonds is 15. The average Bonchev–Trinajstić information content (AvgIpc) is 3.53. The highest BCUT2D eigenvalue weighted by atomic mass is 28.3. The fourth-order valence-electron chi connectivity index (χ4n) is 5.07. The van der Waals surface area contributed by atoms with Gasteiger partial charge in [-0.3, -0.25) is 10.1 Å². The van der Waals surface area contributed by atoms with E-state index >= 15 is 0 Å². The summed E-state index contributed by atoms with van der Waals surface area (Å²) in [6, 6.07) is 16.8. The summed E-state index contributed by atoms with van der Waals surface area (Å²) in [7, 11) is 5.72. The molecule has 0 amide bonds. The Balaban J connectivity index is 0.000000271. The number of nitrogens with two attached hydrogens (primary N) is 1. The zero-order valence-corrected chi connectivity index (χ0v) is 34.2. The van der Waals surface area contributed by atoms with Crippen LogP contribution in [0.2, 0.25) is 51.4 Å². The highest BCUT2D eigenvalue weighted by Gasteiger charge is 2.21. The number of nitrogens with zero attached hydrogens (tertiary/aromatic N) is 7. The number of benzene rings is 2. The van der Waals surface area contributed by atoms with E-state index in [2.05, 4.69) is 51.3 Å². The number of aromatic nitrogens is 4. The number of hydrogen-bond acceptors (Lipinski definition) is 9. The molecule has 0 saturated carbocycles. The predicted octanol–water partition coefficient (Wildman–Crippen LogP) is 7.96. The van der Waals surface area contributed by atoms with E-state index in [0.717, 1.165) is 70.2 Å². The van der Waals surface area contributed by atoms with E-state index in [9.17, 15) is 10.1 Å². The molecule has 12 nitrogen and oxygen atoms in total. The van der Waals surface area contributed by atoms with Crippen molar-refractivity contribution in [2.75, 3.05) is 56.9 Å². The van der Waals surface area contributed by atoms with Gasteiger partial charge in [-0.1, -0.05) is 51.4 Å². The number of ether oxygens (including phenoxy) is 2. The molecule has 4 aromatic rings. The van der Waals surface area contributed by atoms with Crippen molar-refractivity contribution in [2.24, 2.45) is 0 Å². The SMILES string of the molecule is Cc1c(-c2ccc(N)cc2)c(N(C)C)nn1COCC[Si](C)(C)C.Cc1c(-c2ccc([N+](=O)[O-])cc2)c(N(C)C)nn1COCC[Si](C)(C)C. The largest absolute Gasteiger partial charge is 0.399 e. The Hall–Kier alpha value is -3.99. The Labute approximate surface area is 300 Å². The van der Waals surface area contributed by atoms with E-state index in [4.69, 9.17) is 20.3 Å².